The maximum Gasteiger partial charge on any atom is 0.231 e. The molecular formula is C18H17N3OS. The van der Waals surface area contributed by atoms with Gasteiger partial charge in [-0.15, -0.1) is 11.3 Å². The molecule has 0 saturated heterocycles. The van der Waals surface area contributed by atoms with Crippen LogP contribution < -0.4 is 11.1 Å². The molecule has 0 spiro atoms. The Kier molecular flexibility index (Phi) is 4.39. The van der Waals surface area contributed by atoms with Crippen LogP contribution in [-0.2, 0) is 11.2 Å². The number of para-hydroxylation sites is 1. The number of aryl methyl sites for hydroxylation is 1. The predicted octanol–water partition coefficient (Wildman–Crippen LogP) is 3.88. The molecule has 5 heteroatoms. The molecule has 0 aliphatic heterocycles. The highest BCUT2D eigenvalue weighted by Gasteiger charge is 2.10. The van der Waals surface area contributed by atoms with Crippen LogP contribution >= 0.6 is 11.3 Å². The van der Waals surface area contributed by atoms with E-state index in [1.54, 1.807) is 0 Å². The predicted molar refractivity (Wildman–Crippen MR) is 95.5 cm³/mol. The first-order valence-corrected chi connectivity index (χ1v) is 8.15. The summed E-state index contributed by atoms with van der Waals surface area (Å²) in [5, 5.41) is 5.68. The zero-order valence-electron chi connectivity index (χ0n) is 12.7. The molecule has 3 rings (SSSR count). The second kappa shape index (κ2) is 6.62. The molecule has 1 amide bonds. The fraction of sp³-hybridized carbons (Fsp3) is 0.111. The van der Waals surface area contributed by atoms with Crippen molar-refractivity contribution in [2.75, 3.05) is 11.1 Å². The van der Waals surface area contributed by atoms with Crippen LogP contribution in [0.2, 0.25) is 0 Å². The molecule has 0 aliphatic rings. The first-order valence-electron chi connectivity index (χ1n) is 7.27. The van der Waals surface area contributed by atoms with E-state index >= 15 is 0 Å². The minimum Gasteiger partial charge on any atom is -0.399 e. The van der Waals surface area contributed by atoms with Crippen LogP contribution in [-0.4, -0.2) is 10.9 Å². The molecule has 1 aromatic heterocycles. The summed E-state index contributed by atoms with van der Waals surface area (Å²) in [5.41, 5.74) is 10.2. The van der Waals surface area contributed by atoms with Crippen molar-refractivity contribution in [3.8, 4) is 11.3 Å². The summed E-state index contributed by atoms with van der Waals surface area (Å²) in [6.45, 7) is 1.97. The van der Waals surface area contributed by atoms with Gasteiger partial charge < -0.3 is 11.1 Å². The third-order valence-corrected chi connectivity index (χ3v) is 4.34. The highest BCUT2D eigenvalue weighted by molar-refractivity contribution is 7.10. The number of anilines is 2. The van der Waals surface area contributed by atoms with Crippen LogP contribution in [0.4, 0.5) is 11.4 Å². The van der Waals surface area contributed by atoms with Crippen LogP contribution in [0.3, 0.4) is 0 Å². The second-order valence-electron chi connectivity index (χ2n) is 5.29. The second-order valence-corrected chi connectivity index (χ2v) is 6.23. The van der Waals surface area contributed by atoms with Crippen molar-refractivity contribution < 1.29 is 4.79 Å². The average molecular weight is 323 g/mol. The Morgan fingerprint density at radius 3 is 2.65 bits per heavy atom. The van der Waals surface area contributed by atoms with Crippen molar-refractivity contribution in [3.05, 3.63) is 64.5 Å². The number of carbonyl (C=O) groups excluding carboxylic acids is 1. The van der Waals surface area contributed by atoms with Gasteiger partial charge in [0, 0.05) is 22.3 Å². The van der Waals surface area contributed by atoms with E-state index < -0.39 is 0 Å². The summed E-state index contributed by atoms with van der Waals surface area (Å²) in [7, 11) is 0. The molecule has 3 N–H and O–H groups in total. The molecule has 1 heterocycles. The summed E-state index contributed by atoms with van der Waals surface area (Å²) < 4.78 is 0. The van der Waals surface area contributed by atoms with E-state index in [4.69, 9.17) is 5.73 Å². The van der Waals surface area contributed by atoms with Crippen LogP contribution in [0.1, 0.15) is 10.6 Å². The third kappa shape index (κ3) is 3.76. The van der Waals surface area contributed by atoms with Crippen molar-refractivity contribution in [1.29, 1.82) is 0 Å². The highest BCUT2D eigenvalue weighted by atomic mass is 32.1. The lowest BCUT2D eigenvalue weighted by Gasteiger charge is -2.06. The van der Waals surface area contributed by atoms with Gasteiger partial charge in [-0.2, -0.15) is 0 Å². The molecule has 116 valence electrons. The van der Waals surface area contributed by atoms with Gasteiger partial charge in [-0.05, 0) is 30.7 Å². The monoisotopic (exact) mass is 323 g/mol. The number of hydrogen-bond donors (Lipinski definition) is 2. The number of carbonyl (C=O) groups is 1. The maximum atomic E-state index is 12.2. The quantitative estimate of drug-likeness (QED) is 0.716. The van der Waals surface area contributed by atoms with Gasteiger partial charge in [0.1, 0.15) is 5.01 Å². The molecule has 23 heavy (non-hydrogen) atoms. The van der Waals surface area contributed by atoms with Crippen molar-refractivity contribution in [3.63, 3.8) is 0 Å². The molecule has 0 aliphatic carbocycles. The SMILES string of the molecule is Cc1ccccc1NC(=O)Cc1nc(-c2ccc(N)cc2)cs1. The van der Waals surface area contributed by atoms with Crippen molar-refractivity contribution in [2.24, 2.45) is 0 Å². The summed E-state index contributed by atoms with van der Waals surface area (Å²) in [4.78, 5) is 16.7. The number of thiazole rings is 1. The lowest BCUT2D eigenvalue weighted by atomic mass is 10.1. The molecule has 0 bridgehead atoms. The molecule has 0 fully saturated rings. The standard InChI is InChI=1S/C18H17N3OS/c1-12-4-2-3-5-15(12)20-17(22)10-18-21-16(11-23-18)13-6-8-14(19)9-7-13/h2-9,11H,10,19H2,1H3,(H,20,22). The van der Waals surface area contributed by atoms with Gasteiger partial charge in [0.25, 0.3) is 0 Å². The number of amides is 1. The minimum atomic E-state index is -0.0579. The smallest absolute Gasteiger partial charge is 0.231 e. The molecule has 0 atom stereocenters. The van der Waals surface area contributed by atoms with E-state index in [1.165, 1.54) is 11.3 Å². The molecular weight excluding hydrogens is 306 g/mol. The Balaban J connectivity index is 1.68. The molecule has 3 aromatic rings. The van der Waals surface area contributed by atoms with Gasteiger partial charge in [-0.1, -0.05) is 30.3 Å². The van der Waals surface area contributed by atoms with Gasteiger partial charge in [0.2, 0.25) is 5.91 Å². The fourth-order valence-electron chi connectivity index (χ4n) is 2.22. The van der Waals surface area contributed by atoms with E-state index in [1.807, 2.05) is 60.8 Å². The summed E-state index contributed by atoms with van der Waals surface area (Å²) in [6, 6.07) is 15.3. The van der Waals surface area contributed by atoms with Gasteiger partial charge >= 0.3 is 0 Å². The summed E-state index contributed by atoms with van der Waals surface area (Å²) >= 11 is 1.49. The normalized spacial score (nSPS) is 10.5. The lowest BCUT2D eigenvalue weighted by molar-refractivity contribution is -0.115. The number of nitrogens with one attached hydrogen (secondary N) is 1. The fourth-order valence-corrected chi connectivity index (χ4v) is 3.03. The molecule has 2 aromatic carbocycles. The maximum absolute atomic E-state index is 12.2. The Morgan fingerprint density at radius 2 is 1.91 bits per heavy atom. The molecule has 4 nitrogen and oxygen atoms in total. The zero-order valence-corrected chi connectivity index (χ0v) is 13.6. The van der Waals surface area contributed by atoms with E-state index in [2.05, 4.69) is 10.3 Å². The highest BCUT2D eigenvalue weighted by Crippen LogP contribution is 2.23. The topological polar surface area (TPSA) is 68.0 Å². The Bertz CT molecular complexity index is 824. The van der Waals surface area contributed by atoms with Crippen LogP contribution in [0.15, 0.2) is 53.9 Å². The number of aromatic nitrogens is 1. The number of nitrogens with zero attached hydrogens (tertiary/aromatic N) is 1. The first-order chi connectivity index (χ1) is 11.1. The minimum absolute atomic E-state index is 0.0579. The number of nitrogens with two attached hydrogens (primary N) is 1. The molecule has 0 saturated carbocycles. The van der Waals surface area contributed by atoms with E-state index in [-0.39, 0.29) is 12.3 Å². The first kappa shape index (κ1) is 15.2. The molecule has 0 radical (unpaired) electrons. The van der Waals surface area contributed by atoms with E-state index in [0.29, 0.717) is 0 Å². The number of nitrogen functional groups attached to an aromatic ring is 1. The van der Waals surface area contributed by atoms with Crippen LogP contribution in [0, 0.1) is 6.92 Å². The van der Waals surface area contributed by atoms with Crippen LogP contribution in [0.5, 0.6) is 0 Å². The zero-order chi connectivity index (χ0) is 16.2. The van der Waals surface area contributed by atoms with Crippen molar-refractivity contribution in [2.45, 2.75) is 13.3 Å². The Morgan fingerprint density at radius 1 is 1.17 bits per heavy atom. The van der Waals surface area contributed by atoms with Gasteiger partial charge in [0.15, 0.2) is 0 Å². The molecule has 0 unspecified atom stereocenters. The van der Waals surface area contributed by atoms with Gasteiger partial charge in [0.05, 0.1) is 12.1 Å². The number of benzene rings is 2. The third-order valence-electron chi connectivity index (χ3n) is 3.49. The van der Waals surface area contributed by atoms with Crippen molar-refractivity contribution in [1.82, 2.24) is 4.98 Å². The summed E-state index contributed by atoms with van der Waals surface area (Å²) in [5.74, 6) is -0.0579. The Hall–Kier alpha value is -2.66. The lowest BCUT2D eigenvalue weighted by Crippen LogP contribution is -2.14. The van der Waals surface area contributed by atoms with Crippen LogP contribution in [0.25, 0.3) is 11.3 Å². The van der Waals surface area contributed by atoms with Gasteiger partial charge in [-0.3, -0.25) is 4.79 Å². The van der Waals surface area contributed by atoms with Gasteiger partial charge in [-0.25, -0.2) is 4.98 Å². The Labute approximate surface area is 139 Å². The van der Waals surface area contributed by atoms with E-state index in [9.17, 15) is 4.79 Å². The van der Waals surface area contributed by atoms with Crippen molar-refractivity contribution >= 4 is 28.6 Å². The number of hydrogen-bond acceptors (Lipinski definition) is 4. The summed E-state index contributed by atoms with van der Waals surface area (Å²) in [6.07, 6.45) is 0.272. The van der Waals surface area contributed by atoms with E-state index in [0.717, 1.165) is 33.2 Å². The largest absolute Gasteiger partial charge is 0.399 e. The average Bonchev–Trinajstić information content (AvgIpc) is 2.98. The number of rotatable bonds is 4.